The molecule has 0 fully saturated rings. The predicted octanol–water partition coefficient (Wildman–Crippen LogP) is 0.0215. The van der Waals surface area contributed by atoms with Crippen molar-refractivity contribution in [3.8, 4) is 0 Å². The SMILES string of the molecule is O=c1[nH]c2ccccc2n(S(=O)(=O)Cl)c1=O. The Kier molecular flexibility index (Phi) is 2.36. The minimum atomic E-state index is -4.33. The quantitative estimate of drug-likeness (QED) is 0.578. The minimum Gasteiger partial charge on any atom is -0.316 e. The number of aromatic nitrogens is 2. The summed E-state index contributed by atoms with van der Waals surface area (Å²) in [4.78, 5) is 24.8. The van der Waals surface area contributed by atoms with E-state index in [0.717, 1.165) is 0 Å². The highest BCUT2D eigenvalue weighted by Gasteiger charge is 2.16. The highest BCUT2D eigenvalue weighted by Crippen LogP contribution is 2.11. The van der Waals surface area contributed by atoms with Gasteiger partial charge in [-0.3, -0.25) is 9.59 Å². The van der Waals surface area contributed by atoms with Crippen LogP contribution in [0.1, 0.15) is 0 Å². The average molecular weight is 261 g/mol. The van der Waals surface area contributed by atoms with Crippen molar-refractivity contribution in [1.82, 2.24) is 8.96 Å². The molecule has 0 aliphatic heterocycles. The maximum Gasteiger partial charge on any atom is 0.331 e. The molecule has 0 bridgehead atoms. The Labute approximate surface area is 93.7 Å². The van der Waals surface area contributed by atoms with Gasteiger partial charge in [-0.15, -0.1) is 0 Å². The Hall–Kier alpha value is -1.60. The van der Waals surface area contributed by atoms with E-state index in [1.165, 1.54) is 18.2 Å². The number of rotatable bonds is 1. The molecule has 16 heavy (non-hydrogen) atoms. The van der Waals surface area contributed by atoms with E-state index in [4.69, 9.17) is 10.7 Å². The fourth-order valence-corrected chi connectivity index (χ4v) is 2.44. The summed E-state index contributed by atoms with van der Waals surface area (Å²) in [6.07, 6.45) is 0. The Morgan fingerprint density at radius 3 is 2.44 bits per heavy atom. The van der Waals surface area contributed by atoms with E-state index in [1.807, 2.05) is 0 Å². The van der Waals surface area contributed by atoms with Crippen molar-refractivity contribution in [2.45, 2.75) is 0 Å². The van der Waals surface area contributed by atoms with E-state index in [2.05, 4.69) is 4.98 Å². The van der Waals surface area contributed by atoms with Crippen LogP contribution in [0.15, 0.2) is 33.9 Å². The topological polar surface area (TPSA) is 89.0 Å². The van der Waals surface area contributed by atoms with Gasteiger partial charge in [-0.05, 0) is 12.1 Å². The average Bonchev–Trinajstić information content (AvgIpc) is 2.17. The summed E-state index contributed by atoms with van der Waals surface area (Å²) in [5, 5.41) is 0. The van der Waals surface area contributed by atoms with Crippen molar-refractivity contribution in [3.63, 3.8) is 0 Å². The van der Waals surface area contributed by atoms with Gasteiger partial charge in [-0.2, -0.15) is 12.4 Å². The van der Waals surface area contributed by atoms with E-state index in [-0.39, 0.29) is 15.0 Å². The van der Waals surface area contributed by atoms with Crippen LogP contribution in [0.5, 0.6) is 0 Å². The Balaban J connectivity index is 3.18. The molecule has 0 radical (unpaired) electrons. The standard InChI is InChI=1S/C8H5ClN2O4S/c9-16(14,15)11-6-4-2-1-3-5(6)10-7(12)8(11)13/h1-4H,(H,10,12). The number of fused-ring (bicyclic) bond motifs is 1. The lowest BCUT2D eigenvalue weighted by Gasteiger charge is -2.04. The third-order valence-electron chi connectivity index (χ3n) is 1.97. The zero-order valence-electron chi connectivity index (χ0n) is 7.68. The zero-order chi connectivity index (χ0) is 11.9. The van der Waals surface area contributed by atoms with Crippen molar-refractivity contribution >= 4 is 31.0 Å². The van der Waals surface area contributed by atoms with Gasteiger partial charge in [0.15, 0.2) is 0 Å². The molecule has 1 N–H and O–H groups in total. The van der Waals surface area contributed by atoms with E-state index in [1.54, 1.807) is 6.07 Å². The Bertz CT molecular complexity index is 774. The highest BCUT2D eigenvalue weighted by molar-refractivity contribution is 8.12. The molecule has 0 unspecified atom stereocenters. The molecule has 1 heterocycles. The van der Waals surface area contributed by atoms with Gasteiger partial charge in [0.05, 0.1) is 11.0 Å². The number of nitrogens with one attached hydrogen (secondary N) is 1. The van der Waals surface area contributed by atoms with Crippen LogP contribution in [0.2, 0.25) is 0 Å². The normalized spacial score (nSPS) is 11.8. The number of halogens is 1. The molecule has 1 aromatic carbocycles. The fraction of sp³-hybridized carbons (Fsp3) is 0. The molecule has 0 amide bonds. The van der Waals surface area contributed by atoms with Gasteiger partial charge in [0, 0.05) is 10.7 Å². The second-order valence-corrected chi connectivity index (χ2v) is 5.34. The number of nitrogens with zero attached hydrogens (tertiary/aromatic N) is 1. The molecule has 0 aliphatic rings. The van der Waals surface area contributed by atoms with Gasteiger partial charge in [0.2, 0.25) is 0 Å². The summed E-state index contributed by atoms with van der Waals surface area (Å²) in [5.41, 5.74) is -2.02. The first-order chi connectivity index (χ1) is 7.41. The number of hydrogen-bond acceptors (Lipinski definition) is 4. The smallest absolute Gasteiger partial charge is 0.316 e. The first-order valence-electron chi connectivity index (χ1n) is 4.10. The van der Waals surface area contributed by atoms with Gasteiger partial charge < -0.3 is 4.98 Å². The highest BCUT2D eigenvalue weighted by atomic mass is 35.7. The summed E-state index contributed by atoms with van der Waals surface area (Å²) in [6.45, 7) is 0. The van der Waals surface area contributed by atoms with Gasteiger partial charge in [0.25, 0.3) is 0 Å². The largest absolute Gasteiger partial charge is 0.331 e. The molecular weight excluding hydrogens is 256 g/mol. The second kappa shape index (κ2) is 3.46. The molecule has 0 atom stereocenters. The van der Waals surface area contributed by atoms with E-state index in [0.29, 0.717) is 0 Å². The molecular formula is C8H5ClN2O4S. The van der Waals surface area contributed by atoms with Crippen molar-refractivity contribution < 1.29 is 8.42 Å². The van der Waals surface area contributed by atoms with Crippen LogP contribution in [0.3, 0.4) is 0 Å². The summed E-state index contributed by atoms with van der Waals surface area (Å²) in [5.74, 6) is 0. The third kappa shape index (κ3) is 1.63. The number of H-pyrrole nitrogens is 1. The number of para-hydroxylation sites is 2. The molecule has 2 aromatic rings. The van der Waals surface area contributed by atoms with Crippen LogP contribution in [-0.4, -0.2) is 17.4 Å². The van der Waals surface area contributed by atoms with Crippen molar-refractivity contribution in [3.05, 3.63) is 45.0 Å². The van der Waals surface area contributed by atoms with Crippen LogP contribution in [0, 0.1) is 0 Å². The molecule has 0 saturated heterocycles. The lowest BCUT2D eigenvalue weighted by atomic mass is 10.3. The van der Waals surface area contributed by atoms with Crippen LogP contribution in [-0.2, 0) is 9.24 Å². The molecule has 8 heteroatoms. The van der Waals surface area contributed by atoms with Crippen molar-refractivity contribution in [2.75, 3.05) is 0 Å². The summed E-state index contributed by atoms with van der Waals surface area (Å²) in [6, 6.07) is 5.95. The molecule has 6 nitrogen and oxygen atoms in total. The summed E-state index contributed by atoms with van der Waals surface area (Å²) < 4.78 is 22.7. The van der Waals surface area contributed by atoms with Crippen LogP contribution in [0.4, 0.5) is 0 Å². The fourth-order valence-electron chi connectivity index (χ4n) is 1.35. The molecule has 84 valence electrons. The Morgan fingerprint density at radius 1 is 1.19 bits per heavy atom. The predicted molar refractivity (Wildman–Crippen MR) is 59.0 cm³/mol. The van der Waals surface area contributed by atoms with Gasteiger partial charge in [0.1, 0.15) is 0 Å². The second-order valence-electron chi connectivity index (χ2n) is 2.98. The first-order valence-corrected chi connectivity index (χ1v) is 6.37. The van der Waals surface area contributed by atoms with E-state index >= 15 is 0 Å². The lowest BCUT2D eigenvalue weighted by molar-refractivity contribution is 0.601. The van der Waals surface area contributed by atoms with Crippen LogP contribution < -0.4 is 11.1 Å². The van der Waals surface area contributed by atoms with E-state index < -0.39 is 20.4 Å². The molecule has 1 aromatic heterocycles. The summed E-state index contributed by atoms with van der Waals surface area (Å²) >= 11 is 0. The van der Waals surface area contributed by atoms with Gasteiger partial charge >= 0.3 is 20.4 Å². The van der Waals surface area contributed by atoms with Crippen molar-refractivity contribution in [2.24, 2.45) is 0 Å². The third-order valence-corrected chi connectivity index (χ3v) is 3.18. The monoisotopic (exact) mass is 260 g/mol. The number of hydrogen-bond donors (Lipinski definition) is 1. The maximum absolute atomic E-state index is 11.4. The molecule has 0 aliphatic carbocycles. The van der Waals surface area contributed by atoms with Crippen molar-refractivity contribution in [1.29, 1.82) is 0 Å². The van der Waals surface area contributed by atoms with E-state index in [9.17, 15) is 18.0 Å². The van der Waals surface area contributed by atoms with Gasteiger partial charge in [-0.25, -0.2) is 0 Å². The summed E-state index contributed by atoms with van der Waals surface area (Å²) in [7, 11) is 0.771. The Morgan fingerprint density at radius 2 is 1.81 bits per heavy atom. The molecule has 2 rings (SSSR count). The maximum atomic E-state index is 11.4. The van der Waals surface area contributed by atoms with Crippen LogP contribution in [0.25, 0.3) is 11.0 Å². The number of benzene rings is 1. The molecule has 0 spiro atoms. The zero-order valence-corrected chi connectivity index (χ0v) is 9.25. The minimum absolute atomic E-state index is 0.0297. The molecule has 0 saturated carbocycles. The first kappa shape index (κ1) is 10.9. The van der Waals surface area contributed by atoms with Crippen LogP contribution >= 0.6 is 10.7 Å². The number of aromatic amines is 1. The van der Waals surface area contributed by atoms with Gasteiger partial charge in [-0.1, -0.05) is 12.1 Å². The lowest BCUT2D eigenvalue weighted by Crippen LogP contribution is -2.38.